The lowest BCUT2D eigenvalue weighted by molar-refractivity contribution is 0.715. The summed E-state index contributed by atoms with van der Waals surface area (Å²) in [5.41, 5.74) is 2.26. The van der Waals surface area contributed by atoms with Gasteiger partial charge >= 0.3 is 0 Å². The van der Waals surface area contributed by atoms with E-state index < -0.39 is 0 Å². The topological polar surface area (TPSA) is 37.3 Å². The molecule has 1 heterocycles. The molecule has 0 aromatic carbocycles. The number of nitrogens with zero attached hydrogens (tertiary/aromatic N) is 2. The molecule has 98 valence electrons. The maximum Gasteiger partial charge on any atom is 0.0548 e. The van der Waals surface area contributed by atoms with E-state index in [4.69, 9.17) is 0 Å². The molecule has 1 fully saturated rings. The van der Waals surface area contributed by atoms with Gasteiger partial charge in [-0.15, -0.1) is 0 Å². The Labute approximate surface area is 113 Å². The summed E-state index contributed by atoms with van der Waals surface area (Å²) in [5, 5.41) is 3.41. The number of hydrogen-bond donors (Lipinski definition) is 1. The molecule has 0 radical (unpaired) electrons. The van der Waals surface area contributed by atoms with E-state index in [1.165, 1.54) is 24.3 Å². The molecular weight excluding hydrogens is 242 g/mol. The van der Waals surface area contributed by atoms with E-state index in [9.17, 15) is 0 Å². The van der Waals surface area contributed by atoms with Gasteiger partial charge in [0.2, 0.25) is 0 Å². The van der Waals surface area contributed by atoms with Gasteiger partial charge in [-0.3, -0.25) is 9.98 Å². The Hall–Kier alpha value is -0.870. The Morgan fingerprint density at radius 2 is 2.44 bits per heavy atom. The molecule has 0 amide bonds. The Morgan fingerprint density at radius 1 is 1.56 bits per heavy atom. The first kappa shape index (κ1) is 13.6. The maximum absolute atomic E-state index is 4.49. The number of nitrogens with one attached hydrogen (secondary N) is 1. The third-order valence-corrected chi connectivity index (χ3v) is 3.66. The van der Waals surface area contributed by atoms with E-state index in [1.54, 1.807) is 0 Å². The molecule has 0 atom stereocenters. The first-order valence-corrected chi connectivity index (χ1v) is 7.80. The van der Waals surface area contributed by atoms with Crippen LogP contribution in [0.1, 0.15) is 31.0 Å². The van der Waals surface area contributed by atoms with Gasteiger partial charge in [-0.1, -0.05) is 6.92 Å². The highest BCUT2D eigenvalue weighted by Gasteiger charge is 2.18. The van der Waals surface area contributed by atoms with Crippen molar-refractivity contribution in [2.24, 2.45) is 4.99 Å². The van der Waals surface area contributed by atoms with E-state index in [0.29, 0.717) is 6.04 Å². The van der Waals surface area contributed by atoms with E-state index in [0.717, 1.165) is 24.3 Å². The molecule has 1 N–H and O–H groups in total. The maximum atomic E-state index is 4.49. The monoisotopic (exact) mass is 263 g/mol. The van der Waals surface area contributed by atoms with Gasteiger partial charge in [-0.05, 0) is 36.3 Å². The van der Waals surface area contributed by atoms with Crippen molar-refractivity contribution in [2.75, 3.05) is 18.1 Å². The molecule has 0 bridgehead atoms. The van der Waals surface area contributed by atoms with Crippen LogP contribution in [0.15, 0.2) is 23.3 Å². The standard InChI is InChI=1S/C14H21N3S/c1-2-18-8-7-15-11-14-9-12(5-6-16-14)10-17-13-3-4-13/h5-6,9-10,13,15H,2-4,7-8,11H2,1H3/b17-10-. The third kappa shape index (κ3) is 5.19. The highest BCUT2D eigenvalue weighted by molar-refractivity contribution is 7.99. The zero-order valence-corrected chi connectivity index (χ0v) is 11.7. The molecule has 1 aromatic rings. The third-order valence-electron chi connectivity index (χ3n) is 2.76. The molecule has 2 rings (SSSR count). The number of rotatable bonds is 8. The van der Waals surface area contributed by atoms with Crippen molar-refractivity contribution in [3.05, 3.63) is 29.6 Å². The molecule has 4 heteroatoms. The van der Waals surface area contributed by atoms with Gasteiger partial charge < -0.3 is 5.32 Å². The first-order valence-electron chi connectivity index (χ1n) is 6.65. The second-order valence-corrected chi connectivity index (χ2v) is 5.86. The fourth-order valence-electron chi connectivity index (χ4n) is 1.59. The van der Waals surface area contributed by atoms with Crippen LogP contribution in [0.25, 0.3) is 0 Å². The second-order valence-electron chi connectivity index (χ2n) is 4.46. The van der Waals surface area contributed by atoms with Crippen molar-refractivity contribution < 1.29 is 0 Å². The Morgan fingerprint density at radius 3 is 3.22 bits per heavy atom. The predicted molar refractivity (Wildman–Crippen MR) is 79.6 cm³/mol. The summed E-state index contributed by atoms with van der Waals surface area (Å²) in [6.45, 7) is 4.07. The van der Waals surface area contributed by atoms with Crippen LogP contribution in [0.4, 0.5) is 0 Å². The van der Waals surface area contributed by atoms with Crippen LogP contribution in [0.3, 0.4) is 0 Å². The zero-order valence-electron chi connectivity index (χ0n) is 10.9. The van der Waals surface area contributed by atoms with Gasteiger partial charge in [0.15, 0.2) is 0 Å². The summed E-state index contributed by atoms with van der Waals surface area (Å²) in [7, 11) is 0. The number of pyridine rings is 1. The highest BCUT2D eigenvalue weighted by atomic mass is 32.2. The van der Waals surface area contributed by atoms with Crippen molar-refractivity contribution in [3.8, 4) is 0 Å². The van der Waals surface area contributed by atoms with E-state index in [-0.39, 0.29) is 0 Å². The van der Waals surface area contributed by atoms with Crippen molar-refractivity contribution >= 4 is 18.0 Å². The average molecular weight is 263 g/mol. The molecule has 1 aromatic heterocycles. The lowest BCUT2D eigenvalue weighted by Crippen LogP contribution is -2.17. The molecule has 1 saturated carbocycles. The van der Waals surface area contributed by atoms with Crippen molar-refractivity contribution in [1.82, 2.24) is 10.3 Å². The summed E-state index contributed by atoms with van der Waals surface area (Å²) in [6, 6.07) is 4.72. The minimum Gasteiger partial charge on any atom is -0.310 e. The predicted octanol–water partition coefficient (Wildman–Crippen LogP) is 2.51. The molecule has 3 nitrogen and oxygen atoms in total. The molecule has 0 aliphatic heterocycles. The molecule has 1 aliphatic carbocycles. The van der Waals surface area contributed by atoms with Gasteiger partial charge in [0.25, 0.3) is 0 Å². The summed E-state index contributed by atoms with van der Waals surface area (Å²) in [6.07, 6.45) is 6.36. The summed E-state index contributed by atoms with van der Waals surface area (Å²) < 4.78 is 0. The Kier molecular flexibility index (Phi) is 5.68. The lowest BCUT2D eigenvalue weighted by Gasteiger charge is -2.04. The number of aromatic nitrogens is 1. The lowest BCUT2D eigenvalue weighted by atomic mass is 10.2. The highest BCUT2D eigenvalue weighted by Crippen LogP contribution is 2.23. The van der Waals surface area contributed by atoms with Gasteiger partial charge in [-0.25, -0.2) is 0 Å². The van der Waals surface area contributed by atoms with Gasteiger partial charge in [0, 0.05) is 31.3 Å². The Balaban J connectivity index is 1.75. The van der Waals surface area contributed by atoms with E-state index in [1.807, 2.05) is 30.2 Å². The second kappa shape index (κ2) is 7.54. The number of thioether (sulfide) groups is 1. The van der Waals surface area contributed by atoms with Gasteiger partial charge in [-0.2, -0.15) is 11.8 Å². The number of hydrogen-bond acceptors (Lipinski definition) is 4. The van der Waals surface area contributed by atoms with Crippen LogP contribution in [0.2, 0.25) is 0 Å². The molecule has 0 spiro atoms. The molecule has 18 heavy (non-hydrogen) atoms. The minimum absolute atomic E-state index is 0.589. The van der Waals surface area contributed by atoms with Crippen molar-refractivity contribution in [3.63, 3.8) is 0 Å². The molecule has 1 aliphatic rings. The fraction of sp³-hybridized carbons (Fsp3) is 0.571. The van der Waals surface area contributed by atoms with Crippen LogP contribution in [-0.2, 0) is 6.54 Å². The smallest absolute Gasteiger partial charge is 0.0548 e. The average Bonchev–Trinajstić information content (AvgIpc) is 3.21. The summed E-state index contributed by atoms with van der Waals surface area (Å²) in [4.78, 5) is 8.86. The fourth-order valence-corrected chi connectivity index (χ4v) is 2.17. The molecular formula is C14H21N3S. The van der Waals surface area contributed by atoms with Crippen LogP contribution >= 0.6 is 11.8 Å². The number of aliphatic imine (C=N–C) groups is 1. The van der Waals surface area contributed by atoms with Crippen molar-refractivity contribution in [1.29, 1.82) is 0 Å². The SMILES string of the molecule is CCSCCNCc1cc(/C=N\C2CC2)ccn1. The summed E-state index contributed by atoms with van der Waals surface area (Å²) in [5.74, 6) is 2.35. The van der Waals surface area contributed by atoms with Crippen LogP contribution in [0, 0.1) is 0 Å². The summed E-state index contributed by atoms with van der Waals surface area (Å²) >= 11 is 1.96. The van der Waals surface area contributed by atoms with Crippen LogP contribution in [-0.4, -0.2) is 35.3 Å². The van der Waals surface area contributed by atoms with E-state index in [2.05, 4.69) is 28.3 Å². The Bertz CT molecular complexity index is 388. The first-order chi connectivity index (χ1) is 8.88. The van der Waals surface area contributed by atoms with Crippen molar-refractivity contribution in [2.45, 2.75) is 32.4 Å². The normalized spacial score (nSPS) is 15.4. The van der Waals surface area contributed by atoms with E-state index >= 15 is 0 Å². The minimum atomic E-state index is 0.589. The molecule has 0 saturated heterocycles. The van der Waals surface area contributed by atoms with Crippen LogP contribution in [0.5, 0.6) is 0 Å². The quantitative estimate of drug-likeness (QED) is 0.578. The van der Waals surface area contributed by atoms with Crippen LogP contribution < -0.4 is 5.32 Å². The largest absolute Gasteiger partial charge is 0.310 e. The zero-order chi connectivity index (χ0) is 12.6. The van der Waals surface area contributed by atoms with Gasteiger partial charge in [0.1, 0.15) is 0 Å². The van der Waals surface area contributed by atoms with Gasteiger partial charge in [0.05, 0.1) is 11.7 Å². The molecule has 0 unspecified atom stereocenters.